The summed E-state index contributed by atoms with van der Waals surface area (Å²) in [6, 6.07) is 6.34. The highest BCUT2D eigenvalue weighted by atomic mass is 16.4. The number of benzene rings is 1. The van der Waals surface area contributed by atoms with Crippen LogP contribution in [0.3, 0.4) is 0 Å². The van der Waals surface area contributed by atoms with Crippen LogP contribution in [0, 0.1) is 13.8 Å². The molecule has 3 nitrogen and oxygen atoms in total. The second-order valence-corrected chi connectivity index (χ2v) is 5.20. The number of carboxylic acids is 1. The Labute approximate surface area is 108 Å². The first kappa shape index (κ1) is 13.1. The molecule has 98 valence electrons. The fraction of sp³-hybridized carbons (Fsp3) is 0.533. The van der Waals surface area contributed by atoms with Crippen LogP contribution < -0.4 is 0 Å². The summed E-state index contributed by atoms with van der Waals surface area (Å²) in [5, 5.41) is 9.10. The first-order valence-electron chi connectivity index (χ1n) is 6.61. The summed E-state index contributed by atoms with van der Waals surface area (Å²) >= 11 is 0. The molecular formula is C15H21NO2. The molecule has 0 aromatic heterocycles. The van der Waals surface area contributed by atoms with E-state index >= 15 is 0 Å². The van der Waals surface area contributed by atoms with Crippen molar-refractivity contribution < 1.29 is 9.90 Å². The van der Waals surface area contributed by atoms with E-state index in [1.54, 1.807) is 0 Å². The lowest BCUT2D eigenvalue weighted by Gasteiger charge is -2.27. The van der Waals surface area contributed by atoms with E-state index in [4.69, 9.17) is 5.11 Å². The molecule has 1 unspecified atom stereocenters. The van der Waals surface area contributed by atoms with Crippen molar-refractivity contribution >= 4 is 5.97 Å². The van der Waals surface area contributed by atoms with Gasteiger partial charge in [0.2, 0.25) is 0 Å². The molecule has 0 radical (unpaired) electrons. The van der Waals surface area contributed by atoms with E-state index in [1.165, 1.54) is 24.0 Å². The molecule has 1 N–H and O–H groups in total. The van der Waals surface area contributed by atoms with Gasteiger partial charge in [-0.25, -0.2) is 0 Å². The van der Waals surface area contributed by atoms with Crippen LogP contribution in [0.2, 0.25) is 0 Å². The third kappa shape index (κ3) is 2.91. The summed E-state index contributed by atoms with van der Waals surface area (Å²) in [6.07, 6.45) is 2.56. The van der Waals surface area contributed by atoms with Crippen molar-refractivity contribution in [3.8, 4) is 0 Å². The molecule has 3 heteroatoms. The Morgan fingerprint density at radius 1 is 1.28 bits per heavy atom. The number of aryl methyl sites for hydroxylation is 2. The number of hydrogen-bond donors (Lipinski definition) is 1. The lowest BCUT2D eigenvalue weighted by atomic mass is 9.98. The number of rotatable bonds is 4. The standard InChI is InChI=1S/C15H21NO2/c1-11-5-6-13(9-12(11)2)14(10-15(17)18)16-7-3-4-8-16/h5-6,9,14H,3-4,7-8,10H2,1-2H3,(H,17,18). The summed E-state index contributed by atoms with van der Waals surface area (Å²) in [4.78, 5) is 13.4. The molecule has 1 aliphatic rings. The van der Waals surface area contributed by atoms with E-state index < -0.39 is 5.97 Å². The van der Waals surface area contributed by atoms with Crippen molar-refractivity contribution in [2.75, 3.05) is 13.1 Å². The summed E-state index contributed by atoms with van der Waals surface area (Å²) in [7, 11) is 0. The normalized spacial score (nSPS) is 17.9. The molecule has 18 heavy (non-hydrogen) atoms. The number of nitrogens with zero attached hydrogens (tertiary/aromatic N) is 1. The van der Waals surface area contributed by atoms with E-state index in [2.05, 4.69) is 36.9 Å². The van der Waals surface area contributed by atoms with Crippen LogP contribution >= 0.6 is 0 Å². The maximum Gasteiger partial charge on any atom is 0.305 e. The number of carbonyl (C=O) groups is 1. The predicted molar refractivity (Wildman–Crippen MR) is 71.7 cm³/mol. The molecule has 2 rings (SSSR count). The van der Waals surface area contributed by atoms with Gasteiger partial charge in [0.05, 0.1) is 6.42 Å². The Morgan fingerprint density at radius 3 is 2.50 bits per heavy atom. The highest BCUT2D eigenvalue weighted by molar-refractivity contribution is 5.68. The van der Waals surface area contributed by atoms with E-state index in [1.807, 2.05) is 0 Å². The van der Waals surface area contributed by atoms with Gasteiger partial charge >= 0.3 is 5.97 Å². The van der Waals surface area contributed by atoms with E-state index in [9.17, 15) is 4.79 Å². The zero-order chi connectivity index (χ0) is 13.1. The van der Waals surface area contributed by atoms with Crippen LogP contribution in [0.25, 0.3) is 0 Å². The third-order valence-corrected chi connectivity index (χ3v) is 3.87. The summed E-state index contributed by atoms with van der Waals surface area (Å²) in [6.45, 7) is 6.21. The number of carboxylic acid groups (broad SMARTS) is 1. The molecule has 0 amide bonds. The van der Waals surface area contributed by atoms with Crippen LogP contribution in [0.15, 0.2) is 18.2 Å². The fourth-order valence-corrected chi connectivity index (χ4v) is 2.65. The molecule has 0 saturated carbocycles. The largest absolute Gasteiger partial charge is 0.481 e. The maximum atomic E-state index is 11.1. The monoisotopic (exact) mass is 247 g/mol. The maximum absolute atomic E-state index is 11.1. The quantitative estimate of drug-likeness (QED) is 0.889. The van der Waals surface area contributed by atoms with Gasteiger partial charge in [-0.2, -0.15) is 0 Å². The zero-order valence-corrected chi connectivity index (χ0v) is 11.1. The molecule has 1 aliphatic heterocycles. The lowest BCUT2D eigenvalue weighted by Crippen LogP contribution is -2.27. The van der Waals surface area contributed by atoms with Crippen molar-refractivity contribution in [2.24, 2.45) is 0 Å². The molecule has 0 aliphatic carbocycles. The SMILES string of the molecule is Cc1ccc(C(CC(=O)O)N2CCCC2)cc1C. The first-order chi connectivity index (χ1) is 8.58. The predicted octanol–water partition coefficient (Wildman–Crippen LogP) is 2.92. The van der Waals surface area contributed by atoms with E-state index in [0.29, 0.717) is 0 Å². The summed E-state index contributed by atoms with van der Waals surface area (Å²) in [5.74, 6) is -0.717. The van der Waals surface area contributed by atoms with Gasteiger partial charge in [-0.3, -0.25) is 9.69 Å². The average molecular weight is 247 g/mol. The van der Waals surface area contributed by atoms with Crippen molar-refractivity contribution in [3.63, 3.8) is 0 Å². The minimum absolute atomic E-state index is 0.0318. The van der Waals surface area contributed by atoms with Gasteiger partial charge in [-0.15, -0.1) is 0 Å². The Balaban J connectivity index is 2.26. The van der Waals surface area contributed by atoms with Gasteiger partial charge in [-0.1, -0.05) is 18.2 Å². The average Bonchev–Trinajstić information content (AvgIpc) is 2.83. The zero-order valence-electron chi connectivity index (χ0n) is 11.1. The Morgan fingerprint density at radius 2 is 1.94 bits per heavy atom. The molecular weight excluding hydrogens is 226 g/mol. The fourth-order valence-electron chi connectivity index (χ4n) is 2.65. The van der Waals surface area contributed by atoms with E-state index in [-0.39, 0.29) is 12.5 Å². The molecule has 1 atom stereocenters. The summed E-state index contributed by atoms with van der Waals surface area (Å²) < 4.78 is 0. The molecule has 1 fully saturated rings. The van der Waals surface area contributed by atoms with Gasteiger partial charge in [-0.05, 0) is 56.5 Å². The molecule has 1 aromatic carbocycles. The minimum atomic E-state index is -0.717. The van der Waals surface area contributed by atoms with Crippen LogP contribution in [0.5, 0.6) is 0 Å². The Hall–Kier alpha value is -1.35. The van der Waals surface area contributed by atoms with Crippen LogP contribution in [-0.4, -0.2) is 29.1 Å². The van der Waals surface area contributed by atoms with Crippen LogP contribution in [0.1, 0.15) is 42.0 Å². The lowest BCUT2D eigenvalue weighted by molar-refractivity contribution is -0.138. The van der Waals surface area contributed by atoms with Crippen molar-refractivity contribution in [1.29, 1.82) is 0 Å². The highest BCUT2D eigenvalue weighted by Gasteiger charge is 2.25. The van der Waals surface area contributed by atoms with Crippen molar-refractivity contribution in [2.45, 2.75) is 39.2 Å². The van der Waals surface area contributed by atoms with Gasteiger partial charge < -0.3 is 5.11 Å². The minimum Gasteiger partial charge on any atom is -0.481 e. The van der Waals surface area contributed by atoms with Crippen LogP contribution in [-0.2, 0) is 4.79 Å². The molecule has 1 heterocycles. The second-order valence-electron chi connectivity index (χ2n) is 5.20. The first-order valence-corrected chi connectivity index (χ1v) is 6.61. The molecule has 0 bridgehead atoms. The van der Waals surface area contributed by atoms with E-state index in [0.717, 1.165) is 18.7 Å². The Kier molecular flexibility index (Phi) is 4.02. The van der Waals surface area contributed by atoms with Crippen molar-refractivity contribution in [1.82, 2.24) is 4.90 Å². The third-order valence-electron chi connectivity index (χ3n) is 3.87. The van der Waals surface area contributed by atoms with Gasteiger partial charge in [0.15, 0.2) is 0 Å². The summed E-state index contributed by atoms with van der Waals surface area (Å²) in [5.41, 5.74) is 3.64. The topological polar surface area (TPSA) is 40.5 Å². The smallest absolute Gasteiger partial charge is 0.305 e. The second kappa shape index (κ2) is 5.53. The number of likely N-dealkylation sites (tertiary alicyclic amines) is 1. The van der Waals surface area contributed by atoms with Gasteiger partial charge in [0.25, 0.3) is 0 Å². The molecule has 0 spiro atoms. The van der Waals surface area contributed by atoms with Crippen molar-refractivity contribution in [3.05, 3.63) is 34.9 Å². The molecule has 1 aromatic rings. The number of aliphatic carboxylic acids is 1. The highest BCUT2D eigenvalue weighted by Crippen LogP contribution is 2.29. The number of hydrogen-bond acceptors (Lipinski definition) is 2. The Bertz CT molecular complexity index is 436. The van der Waals surface area contributed by atoms with Crippen LogP contribution in [0.4, 0.5) is 0 Å². The van der Waals surface area contributed by atoms with Gasteiger partial charge in [0, 0.05) is 6.04 Å². The van der Waals surface area contributed by atoms with Gasteiger partial charge in [0.1, 0.15) is 0 Å². The molecule has 1 saturated heterocycles.